The van der Waals surface area contributed by atoms with Gasteiger partial charge in [-0.3, -0.25) is 8.98 Å². The highest BCUT2D eigenvalue weighted by Crippen LogP contribution is 2.29. The van der Waals surface area contributed by atoms with Gasteiger partial charge in [0.15, 0.2) is 0 Å². The highest BCUT2D eigenvalue weighted by molar-refractivity contribution is 7.88. The van der Waals surface area contributed by atoms with E-state index in [1.54, 1.807) is 54.3 Å². The number of para-hydroxylation sites is 1. The lowest BCUT2D eigenvalue weighted by Crippen LogP contribution is -2.48. The van der Waals surface area contributed by atoms with E-state index >= 15 is 4.39 Å². The SMILES string of the molecule is CC(=O)N1CCN(c2ccc(CN(c3ccccc3)S(=O)(=O)OC3CCC3)c(F)c2)CC1. The Bertz CT molecular complexity index is 1050. The Kier molecular flexibility index (Phi) is 6.66. The van der Waals surface area contributed by atoms with Crippen LogP contribution in [-0.2, 0) is 25.8 Å². The van der Waals surface area contributed by atoms with Gasteiger partial charge in [0.05, 0.1) is 18.3 Å². The lowest BCUT2D eigenvalue weighted by Gasteiger charge is -2.35. The number of piperazine rings is 1. The first-order chi connectivity index (χ1) is 15.3. The molecule has 1 aliphatic heterocycles. The van der Waals surface area contributed by atoms with Gasteiger partial charge >= 0.3 is 10.3 Å². The van der Waals surface area contributed by atoms with Gasteiger partial charge < -0.3 is 9.80 Å². The molecule has 172 valence electrons. The molecule has 9 heteroatoms. The number of carbonyl (C=O) groups excluding carboxylic acids is 1. The third-order valence-electron chi connectivity index (χ3n) is 6.06. The standard InChI is InChI=1S/C23H28FN3O4S/c1-18(28)25-12-14-26(15-13-25)21-11-10-19(23(24)16-21)17-27(20-6-3-2-4-7-20)32(29,30)31-22-8-5-9-22/h2-4,6-7,10-11,16,22H,5,8-9,12-15,17H2,1H3. The van der Waals surface area contributed by atoms with Gasteiger partial charge in [-0.25, -0.2) is 8.70 Å². The molecule has 0 radical (unpaired) electrons. The number of anilines is 2. The summed E-state index contributed by atoms with van der Waals surface area (Å²) in [6.45, 7) is 3.82. The normalized spacial score (nSPS) is 17.2. The van der Waals surface area contributed by atoms with Crippen molar-refractivity contribution in [1.29, 1.82) is 0 Å². The van der Waals surface area contributed by atoms with Crippen LogP contribution >= 0.6 is 0 Å². The van der Waals surface area contributed by atoms with Crippen LogP contribution in [0.3, 0.4) is 0 Å². The first-order valence-electron chi connectivity index (χ1n) is 10.9. The summed E-state index contributed by atoms with van der Waals surface area (Å²) < 4.78 is 47.5. The van der Waals surface area contributed by atoms with Crippen LogP contribution in [-0.4, -0.2) is 51.5 Å². The molecule has 1 heterocycles. The summed E-state index contributed by atoms with van der Waals surface area (Å²) in [5, 5.41) is 0. The summed E-state index contributed by atoms with van der Waals surface area (Å²) in [5.41, 5.74) is 1.41. The van der Waals surface area contributed by atoms with E-state index in [2.05, 4.69) is 0 Å². The van der Waals surface area contributed by atoms with Gasteiger partial charge in [-0.1, -0.05) is 24.3 Å². The highest BCUT2D eigenvalue weighted by Gasteiger charge is 2.31. The molecular weight excluding hydrogens is 433 g/mol. The fraction of sp³-hybridized carbons (Fsp3) is 0.435. The Hall–Kier alpha value is -2.65. The van der Waals surface area contributed by atoms with Gasteiger partial charge in [0.25, 0.3) is 0 Å². The monoisotopic (exact) mass is 461 g/mol. The van der Waals surface area contributed by atoms with Crippen molar-refractivity contribution in [3.05, 3.63) is 59.9 Å². The largest absolute Gasteiger partial charge is 0.368 e. The van der Waals surface area contributed by atoms with Crippen LogP contribution in [0.25, 0.3) is 0 Å². The third kappa shape index (κ3) is 5.05. The highest BCUT2D eigenvalue weighted by atomic mass is 32.2. The first-order valence-corrected chi connectivity index (χ1v) is 12.2. The maximum absolute atomic E-state index is 15.1. The second-order valence-corrected chi connectivity index (χ2v) is 9.71. The lowest BCUT2D eigenvalue weighted by molar-refractivity contribution is -0.129. The zero-order valence-corrected chi connectivity index (χ0v) is 18.9. The molecule has 2 aliphatic rings. The molecular formula is C23H28FN3O4S. The number of halogens is 1. The van der Waals surface area contributed by atoms with E-state index in [1.165, 1.54) is 6.07 Å². The fourth-order valence-electron chi connectivity index (χ4n) is 3.88. The molecule has 0 spiro atoms. The maximum atomic E-state index is 15.1. The van der Waals surface area contributed by atoms with Gasteiger partial charge in [-0.2, -0.15) is 8.42 Å². The summed E-state index contributed by atoms with van der Waals surface area (Å²) in [6, 6.07) is 13.5. The van der Waals surface area contributed by atoms with Crippen LogP contribution in [0.15, 0.2) is 48.5 Å². The Morgan fingerprint density at radius 1 is 1.09 bits per heavy atom. The quantitative estimate of drug-likeness (QED) is 0.633. The molecule has 2 aromatic rings. The average Bonchev–Trinajstić information content (AvgIpc) is 2.76. The van der Waals surface area contributed by atoms with E-state index in [1.807, 2.05) is 4.90 Å². The molecule has 0 aromatic heterocycles. The molecule has 0 N–H and O–H groups in total. The number of nitrogens with zero attached hydrogens (tertiary/aromatic N) is 3. The summed E-state index contributed by atoms with van der Waals surface area (Å²) in [5.74, 6) is -0.436. The average molecular weight is 462 g/mol. The second kappa shape index (κ2) is 9.46. The molecule has 1 saturated heterocycles. The Labute approximate surface area is 188 Å². The zero-order valence-electron chi connectivity index (χ0n) is 18.1. The summed E-state index contributed by atoms with van der Waals surface area (Å²) >= 11 is 0. The van der Waals surface area contributed by atoms with Crippen LogP contribution in [0.1, 0.15) is 31.7 Å². The number of hydrogen-bond acceptors (Lipinski definition) is 5. The second-order valence-electron chi connectivity index (χ2n) is 8.22. The Balaban J connectivity index is 1.53. The van der Waals surface area contributed by atoms with Crippen molar-refractivity contribution in [2.75, 3.05) is 35.4 Å². The smallest absolute Gasteiger partial charge is 0.363 e. The van der Waals surface area contributed by atoms with Crippen molar-refractivity contribution >= 4 is 27.6 Å². The van der Waals surface area contributed by atoms with Crippen molar-refractivity contribution in [2.24, 2.45) is 0 Å². The van der Waals surface area contributed by atoms with E-state index < -0.39 is 16.1 Å². The molecule has 1 amide bonds. The van der Waals surface area contributed by atoms with Gasteiger partial charge in [-0.05, 0) is 43.5 Å². The zero-order chi connectivity index (χ0) is 22.7. The van der Waals surface area contributed by atoms with E-state index in [9.17, 15) is 13.2 Å². The van der Waals surface area contributed by atoms with Crippen molar-refractivity contribution in [3.8, 4) is 0 Å². The number of amides is 1. The van der Waals surface area contributed by atoms with Crippen molar-refractivity contribution in [2.45, 2.75) is 38.8 Å². The van der Waals surface area contributed by atoms with Crippen molar-refractivity contribution in [3.63, 3.8) is 0 Å². The maximum Gasteiger partial charge on any atom is 0.363 e. The molecule has 2 aromatic carbocycles. The summed E-state index contributed by atoms with van der Waals surface area (Å²) in [6.07, 6.45) is 2.05. The molecule has 0 bridgehead atoms. The minimum atomic E-state index is -4.08. The van der Waals surface area contributed by atoms with Crippen LogP contribution in [0.2, 0.25) is 0 Å². The number of hydrogen-bond donors (Lipinski definition) is 0. The Morgan fingerprint density at radius 3 is 2.34 bits per heavy atom. The minimum Gasteiger partial charge on any atom is -0.368 e. The third-order valence-corrected chi connectivity index (χ3v) is 7.46. The van der Waals surface area contributed by atoms with E-state index in [4.69, 9.17) is 4.18 Å². The molecule has 1 saturated carbocycles. The van der Waals surface area contributed by atoms with Gasteiger partial charge in [0.2, 0.25) is 5.91 Å². The molecule has 1 aliphatic carbocycles. The van der Waals surface area contributed by atoms with E-state index in [0.717, 1.165) is 10.7 Å². The van der Waals surface area contributed by atoms with Gasteiger partial charge in [0, 0.05) is 44.4 Å². The Morgan fingerprint density at radius 2 is 1.78 bits per heavy atom. The topological polar surface area (TPSA) is 70.2 Å². The first kappa shape index (κ1) is 22.5. The van der Waals surface area contributed by atoms with E-state index in [0.29, 0.717) is 50.4 Å². The van der Waals surface area contributed by atoms with Crippen LogP contribution in [0.5, 0.6) is 0 Å². The van der Waals surface area contributed by atoms with Crippen LogP contribution in [0, 0.1) is 5.82 Å². The predicted molar refractivity (Wildman–Crippen MR) is 121 cm³/mol. The number of benzene rings is 2. The van der Waals surface area contributed by atoms with Crippen LogP contribution in [0.4, 0.5) is 15.8 Å². The molecule has 7 nitrogen and oxygen atoms in total. The molecule has 0 atom stereocenters. The van der Waals surface area contributed by atoms with Gasteiger partial charge in [-0.15, -0.1) is 0 Å². The predicted octanol–water partition coefficient (Wildman–Crippen LogP) is 3.31. The van der Waals surface area contributed by atoms with Crippen LogP contribution < -0.4 is 9.21 Å². The molecule has 2 fully saturated rings. The molecule has 0 unspecified atom stereocenters. The van der Waals surface area contributed by atoms with E-state index in [-0.39, 0.29) is 24.1 Å². The summed E-state index contributed by atoms with van der Waals surface area (Å²) in [7, 11) is -4.08. The summed E-state index contributed by atoms with van der Waals surface area (Å²) in [4.78, 5) is 15.3. The van der Waals surface area contributed by atoms with Crippen molar-refractivity contribution in [1.82, 2.24) is 4.90 Å². The number of rotatable bonds is 7. The van der Waals surface area contributed by atoms with Crippen molar-refractivity contribution < 1.29 is 21.8 Å². The number of carbonyl (C=O) groups is 1. The fourth-order valence-corrected chi connectivity index (χ4v) is 5.20. The lowest BCUT2D eigenvalue weighted by atomic mass is 9.97. The molecule has 32 heavy (non-hydrogen) atoms. The minimum absolute atomic E-state index is 0.0394. The molecule has 4 rings (SSSR count). The van der Waals surface area contributed by atoms with Gasteiger partial charge in [0.1, 0.15) is 5.82 Å².